The van der Waals surface area contributed by atoms with Crippen LogP contribution in [0.1, 0.15) is 38.2 Å². The van der Waals surface area contributed by atoms with Gasteiger partial charge in [0.2, 0.25) is 0 Å². The molecule has 2 heterocycles. The molecule has 3 unspecified atom stereocenters. The van der Waals surface area contributed by atoms with E-state index in [0.29, 0.717) is 13.0 Å². The van der Waals surface area contributed by atoms with E-state index in [1.165, 1.54) is 0 Å². The summed E-state index contributed by atoms with van der Waals surface area (Å²) in [6.45, 7) is 2.59. The van der Waals surface area contributed by atoms with Crippen molar-refractivity contribution in [1.82, 2.24) is 0 Å². The Hall–Kier alpha value is -1.39. The zero-order valence-corrected chi connectivity index (χ0v) is 11.7. The predicted molar refractivity (Wildman–Crippen MR) is 73.3 cm³/mol. The first kappa shape index (κ1) is 13.6. The minimum atomic E-state index is -0.794. The number of benzene rings is 1. The molecule has 4 nitrogen and oxygen atoms in total. The molecule has 0 spiro atoms. The maximum Gasteiger partial charge on any atom is 0.306 e. The topological polar surface area (TPSA) is 55.8 Å². The summed E-state index contributed by atoms with van der Waals surface area (Å²) in [5.41, 5.74) is 0.290. The highest BCUT2D eigenvalue weighted by molar-refractivity contribution is 5.68. The van der Waals surface area contributed by atoms with Crippen molar-refractivity contribution in [2.75, 3.05) is 0 Å². The van der Waals surface area contributed by atoms with Crippen LogP contribution in [0.3, 0.4) is 0 Å². The Balaban J connectivity index is 1.65. The molecule has 1 aromatic rings. The summed E-state index contributed by atoms with van der Waals surface area (Å²) < 4.78 is 12.1. The van der Waals surface area contributed by atoms with E-state index in [4.69, 9.17) is 14.6 Å². The van der Waals surface area contributed by atoms with Crippen LogP contribution in [0.15, 0.2) is 30.3 Å². The van der Waals surface area contributed by atoms with Gasteiger partial charge in [0.15, 0.2) is 0 Å². The molecule has 0 saturated carbocycles. The molecule has 4 heteroatoms. The van der Waals surface area contributed by atoms with Gasteiger partial charge in [-0.2, -0.15) is 0 Å². The smallest absolute Gasteiger partial charge is 0.306 e. The van der Waals surface area contributed by atoms with E-state index in [2.05, 4.69) is 0 Å². The molecule has 2 saturated heterocycles. The molecule has 3 atom stereocenters. The Morgan fingerprint density at radius 3 is 2.85 bits per heavy atom. The maximum atomic E-state index is 11.0. The van der Waals surface area contributed by atoms with Crippen molar-refractivity contribution in [2.45, 2.75) is 56.5 Å². The van der Waals surface area contributed by atoms with Gasteiger partial charge in [-0.05, 0) is 25.3 Å². The van der Waals surface area contributed by atoms with Gasteiger partial charge < -0.3 is 14.6 Å². The van der Waals surface area contributed by atoms with Crippen LogP contribution in [0.25, 0.3) is 0 Å². The quantitative estimate of drug-likeness (QED) is 0.898. The van der Waals surface area contributed by atoms with E-state index >= 15 is 0 Å². The van der Waals surface area contributed by atoms with Crippen molar-refractivity contribution in [3.8, 4) is 0 Å². The monoisotopic (exact) mass is 276 g/mol. The number of hydrogen-bond acceptors (Lipinski definition) is 3. The predicted octanol–water partition coefficient (Wildman–Crippen LogP) is 2.76. The number of rotatable bonds is 5. The summed E-state index contributed by atoms with van der Waals surface area (Å²) >= 11 is 0. The van der Waals surface area contributed by atoms with Gasteiger partial charge >= 0.3 is 5.97 Å². The van der Waals surface area contributed by atoms with Crippen molar-refractivity contribution >= 4 is 5.97 Å². The number of fused-ring (bicyclic) bond motifs is 2. The SMILES string of the molecule is CC12CCC(CC(=O)O)(CC1OCc1ccccc1)O2. The Labute approximate surface area is 118 Å². The van der Waals surface area contributed by atoms with Crippen molar-refractivity contribution in [3.05, 3.63) is 35.9 Å². The Bertz CT molecular complexity index is 500. The van der Waals surface area contributed by atoms with Crippen LogP contribution in [0, 0.1) is 0 Å². The summed E-state index contributed by atoms with van der Waals surface area (Å²) in [6, 6.07) is 10.0. The Kier molecular flexibility index (Phi) is 3.30. The second-order valence-electron chi connectivity index (χ2n) is 6.16. The number of aliphatic carboxylic acids is 1. The highest BCUT2D eigenvalue weighted by Crippen LogP contribution is 2.53. The number of ether oxygens (including phenoxy) is 2. The van der Waals surface area contributed by atoms with Gasteiger partial charge in [0.1, 0.15) is 0 Å². The normalized spacial score (nSPS) is 35.4. The molecule has 1 N–H and O–H groups in total. The van der Waals surface area contributed by atoms with E-state index in [0.717, 1.165) is 18.4 Å². The molecule has 3 rings (SSSR count). The second kappa shape index (κ2) is 4.86. The lowest BCUT2D eigenvalue weighted by Crippen LogP contribution is -2.37. The summed E-state index contributed by atoms with van der Waals surface area (Å²) in [7, 11) is 0. The summed E-state index contributed by atoms with van der Waals surface area (Å²) in [6.07, 6.45) is 2.44. The molecule has 2 bridgehead atoms. The summed E-state index contributed by atoms with van der Waals surface area (Å²) in [5.74, 6) is -0.794. The summed E-state index contributed by atoms with van der Waals surface area (Å²) in [4.78, 5) is 11.0. The molecule has 0 aromatic heterocycles. The first-order valence-electron chi connectivity index (χ1n) is 7.09. The van der Waals surface area contributed by atoms with Gasteiger partial charge in [-0.15, -0.1) is 0 Å². The van der Waals surface area contributed by atoms with Gasteiger partial charge in [-0.25, -0.2) is 0 Å². The van der Waals surface area contributed by atoms with Crippen LogP contribution in [0.2, 0.25) is 0 Å². The minimum absolute atomic E-state index is 0.0178. The largest absolute Gasteiger partial charge is 0.481 e. The van der Waals surface area contributed by atoms with E-state index < -0.39 is 11.6 Å². The lowest BCUT2D eigenvalue weighted by molar-refractivity contribution is -0.144. The van der Waals surface area contributed by atoms with Crippen LogP contribution < -0.4 is 0 Å². The molecule has 0 aliphatic carbocycles. The van der Waals surface area contributed by atoms with Crippen molar-refractivity contribution in [3.63, 3.8) is 0 Å². The molecular formula is C16H20O4. The third-order valence-corrected chi connectivity index (χ3v) is 4.53. The molecule has 2 aliphatic rings. The van der Waals surface area contributed by atoms with Crippen LogP contribution >= 0.6 is 0 Å². The van der Waals surface area contributed by atoms with Crippen molar-refractivity contribution in [1.29, 1.82) is 0 Å². The van der Waals surface area contributed by atoms with E-state index in [1.54, 1.807) is 0 Å². The van der Waals surface area contributed by atoms with Crippen molar-refractivity contribution < 1.29 is 19.4 Å². The van der Waals surface area contributed by atoms with E-state index in [9.17, 15) is 4.79 Å². The third kappa shape index (κ3) is 2.45. The van der Waals surface area contributed by atoms with Crippen LogP contribution in [-0.2, 0) is 20.9 Å². The molecule has 0 amide bonds. The second-order valence-corrected chi connectivity index (χ2v) is 6.16. The van der Waals surface area contributed by atoms with Crippen molar-refractivity contribution in [2.24, 2.45) is 0 Å². The zero-order chi connectivity index (χ0) is 14.2. The van der Waals surface area contributed by atoms with Gasteiger partial charge in [-0.1, -0.05) is 30.3 Å². The number of carboxylic acids is 1. The zero-order valence-electron chi connectivity index (χ0n) is 11.7. The fraction of sp³-hybridized carbons (Fsp3) is 0.562. The van der Waals surface area contributed by atoms with E-state index in [-0.39, 0.29) is 18.1 Å². The first-order valence-corrected chi connectivity index (χ1v) is 7.09. The lowest BCUT2D eigenvalue weighted by atomic mass is 9.79. The van der Waals surface area contributed by atoms with Crippen LogP contribution in [0.4, 0.5) is 0 Å². The molecule has 108 valence electrons. The van der Waals surface area contributed by atoms with E-state index in [1.807, 2.05) is 37.3 Å². The number of carbonyl (C=O) groups is 1. The Morgan fingerprint density at radius 2 is 2.15 bits per heavy atom. The molecular weight excluding hydrogens is 256 g/mol. The molecule has 0 radical (unpaired) electrons. The van der Waals surface area contributed by atoms with Gasteiger partial charge in [0.25, 0.3) is 0 Å². The van der Waals surface area contributed by atoms with Gasteiger partial charge in [0.05, 0.1) is 30.3 Å². The number of carboxylic acid groups (broad SMARTS) is 1. The average molecular weight is 276 g/mol. The molecule has 1 aromatic carbocycles. The highest BCUT2D eigenvalue weighted by atomic mass is 16.6. The molecule has 20 heavy (non-hydrogen) atoms. The molecule has 2 aliphatic heterocycles. The number of hydrogen-bond donors (Lipinski definition) is 1. The standard InChI is InChI=1S/C16H20O4/c1-15-7-8-16(20-15,10-14(17)18)9-13(15)19-11-12-5-3-2-4-6-12/h2-6,13H,7-11H2,1H3,(H,17,18). The molecule has 2 fully saturated rings. The van der Waals surface area contributed by atoms with Crippen LogP contribution in [-0.4, -0.2) is 28.4 Å². The lowest BCUT2D eigenvalue weighted by Gasteiger charge is -2.29. The average Bonchev–Trinajstić information content (AvgIpc) is 2.86. The minimum Gasteiger partial charge on any atom is -0.481 e. The maximum absolute atomic E-state index is 11.0. The Morgan fingerprint density at radius 1 is 1.40 bits per heavy atom. The third-order valence-electron chi connectivity index (χ3n) is 4.53. The highest BCUT2D eigenvalue weighted by Gasteiger charge is 2.60. The fourth-order valence-corrected chi connectivity index (χ4v) is 3.48. The first-order chi connectivity index (χ1) is 9.51. The van der Waals surface area contributed by atoms with Gasteiger partial charge in [-0.3, -0.25) is 4.79 Å². The summed E-state index contributed by atoms with van der Waals surface area (Å²) in [5, 5.41) is 9.05. The van der Waals surface area contributed by atoms with Gasteiger partial charge in [0, 0.05) is 6.42 Å². The fourth-order valence-electron chi connectivity index (χ4n) is 3.48. The van der Waals surface area contributed by atoms with Crippen LogP contribution in [0.5, 0.6) is 0 Å².